The summed E-state index contributed by atoms with van der Waals surface area (Å²) in [5.41, 5.74) is 3.77. The summed E-state index contributed by atoms with van der Waals surface area (Å²) in [5, 5.41) is 30.0. The van der Waals surface area contributed by atoms with Crippen molar-refractivity contribution in [3.63, 3.8) is 0 Å². The van der Waals surface area contributed by atoms with E-state index in [-0.39, 0.29) is 18.1 Å². The smallest absolute Gasteiger partial charge is 0.251 e. The molecular formula is C25H28N8O4. The zero-order chi connectivity index (χ0) is 25.9. The maximum absolute atomic E-state index is 10.6. The first kappa shape index (κ1) is 24.5. The van der Waals surface area contributed by atoms with E-state index in [1.54, 1.807) is 25.4 Å². The molecule has 3 N–H and O–H groups in total. The number of likely N-dealkylation sites (N-methyl/N-ethyl adjacent to an activating group) is 1. The Hall–Kier alpha value is -4.16. The van der Waals surface area contributed by atoms with Gasteiger partial charge in [0.05, 0.1) is 29.2 Å². The highest BCUT2D eigenvalue weighted by molar-refractivity contribution is 5.82. The molecular weight excluding hydrogens is 476 g/mol. The number of rotatable bonds is 5. The van der Waals surface area contributed by atoms with Crippen LogP contribution in [0.4, 0.5) is 11.8 Å². The van der Waals surface area contributed by atoms with Crippen LogP contribution in [0.3, 0.4) is 0 Å². The molecule has 1 aliphatic carbocycles. The average Bonchev–Trinajstić information content (AvgIpc) is 3.62. The normalized spacial score (nSPS) is 20.8. The van der Waals surface area contributed by atoms with Gasteiger partial charge in [0.25, 0.3) is 5.91 Å². The van der Waals surface area contributed by atoms with Gasteiger partial charge in [0.2, 0.25) is 5.95 Å². The van der Waals surface area contributed by atoms with Crippen LogP contribution in [-0.2, 0) is 4.79 Å². The Kier molecular flexibility index (Phi) is 6.93. The Morgan fingerprint density at radius 1 is 1.05 bits per heavy atom. The molecule has 0 aromatic carbocycles. The number of hydrogen-bond acceptors (Lipinski definition) is 10. The second-order valence-corrected chi connectivity index (χ2v) is 9.17. The van der Waals surface area contributed by atoms with E-state index in [1.807, 2.05) is 36.0 Å². The van der Waals surface area contributed by atoms with Crippen molar-refractivity contribution in [2.45, 2.75) is 44.4 Å². The molecule has 1 unspecified atom stereocenters. The monoisotopic (exact) mass is 504 g/mol. The lowest BCUT2D eigenvalue weighted by molar-refractivity contribution is -0.133. The third kappa shape index (κ3) is 5.49. The summed E-state index contributed by atoms with van der Waals surface area (Å²) in [7, 11) is 1.69. The highest BCUT2D eigenvalue weighted by Gasteiger charge is 2.30. The minimum absolute atomic E-state index is 0.148. The predicted molar refractivity (Wildman–Crippen MR) is 134 cm³/mol. The summed E-state index contributed by atoms with van der Waals surface area (Å²) < 4.78 is 6.80. The number of likely N-dealkylation sites (tertiary alicyclic amines) is 1. The van der Waals surface area contributed by atoms with Crippen molar-refractivity contribution in [3.05, 3.63) is 54.6 Å². The summed E-state index contributed by atoms with van der Waals surface area (Å²) in [6, 6.07) is 9.48. The third-order valence-electron chi connectivity index (χ3n) is 6.37. The van der Waals surface area contributed by atoms with Crippen LogP contribution in [0.2, 0.25) is 0 Å². The van der Waals surface area contributed by atoms with Crippen molar-refractivity contribution < 1.29 is 19.5 Å². The SMILES string of the molecule is CN1CCC(O)C1=O.Cc1cn(C2CC(O)C2)nc1Nc1nccc(-c2cccc(-c3ccon3)n2)n1. The summed E-state index contributed by atoms with van der Waals surface area (Å²) in [4.78, 5) is 25.6. The van der Waals surface area contributed by atoms with Crippen LogP contribution in [0.1, 0.15) is 30.9 Å². The van der Waals surface area contributed by atoms with Gasteiger partial charge in [-0.25, -0.2) is 15.0 Å². The lowest BCUT2D eigenvalue weighted by Gasteiger charge is -2.31. The fourth-order valence-electron chi connectivity index (χ4n) is 4.10. The van der Waals surface area contributed by atoms with E-state index in [4.69, 9.17) is 9.63 Å². The van der Waals surface area contributed by atoms with Crippen molar-refractivity contribution in [1.82, 2.24) is 34.8 Å². The molecule has 1 aliphatic heterocycles. The lowest BCUT2D eigenvalue weighted by Crippen LogP contribution is -2.31. The first-order chi connectivity index (χ1) is 17.9. The number of hydrogen-bond donors (Lipinski definition) is 3. The third-order valence-corrected chi connectivity index (χ3v) is 6.37. The zero-order valence-corrected chi connectivity index (χ0v) is 20.5. The fourth-order valence-corrected chi connectivity index (χ4v) is 4.10. The molecule has 0 radical (unpaired) electrons. The topological polar surface area (TPSA) is 155 Å². The zero-order valence-electron chi connectivity index (χ0n) is 20.5. The first-order valence-corrected chi connectivity index (χ1v) is 12.0. The number of aliphatic hydroxyl groups excluding tert-OH is 2. The molecule has 4 aromatic rings. The molecule has 37 heavy (non-hydrogen) atoms. The molecule has 1 amide bonds. The van der Waals surface area contributed by atoms with E-state index in [0.717, 1.165) is 18.4 Å². The van der Waals surface area contributed by atoms with Gasteiger partial charge in [0.15, 0.2) is 5.82 Å². The van der Waals surface area contributed by atoms with Crippen molar-refractivity contribution >= 4 is 17.7 Å². The predicted octanol–water partition coefficient (Wildman–Crippen LogP) is 2.35. The fraction of sp³-hybridized carbons (Fsp3) is 0.360. The molecule has 2 fully saturated rings. The number of aryl methyl sites for hydroxylation is 1. The van der Waals surface area contributed by atoms with E-state index in [9.17, 15) is 9.90 Å². The van der Waals surface area contributed by atoms with E-state index >= 15 is 0 Å². The van der Waals surface area contributed by atoms with Crippen molar-refractivity contribution in [2.24, 2.45) is 0 Å². The van der Waals surface area contributed by atoms with Crippen molar-refractivity contribution in [3.8, 4) is 22.8 Å². The van der Waals surface area contributed by atoms with Gasteiger partial charge in [0, 0.05) is 37.6 Å². The molecule has 12 nitrogen and oxygen atoms in total. The average molecular weight is 505 g/mol. The van der Waals surface area contributed by atoms with Gasteiger partial charge in [-0.2, -0.15) is 5.10 Å². The van der Waals surface area contributed by atoms with Crippen LogP contribution in [0, 0.1) is 6.92 Å². The second-order valence-electron chi connectivity index (χ2n) is 9.17. The number of anilines is 2. The summed E-state index contributed by atoms with van der Waals surface area (Å²) in [6.07, 6.45) is 6.30. The van der Waals surface area contributed by atoms with Crippen LogP contribution >= 0.6 is 0 Å². The molecule has 4 aromatic heterocycles. The molecule has 1 atom stereocenters. The summed E-state index contributed by atoms with van der Waals surface area (Å²) in [5.74, 6) is 0.996. The number of nitrogens with zero attached hydrogens (tertiary/aromatic N) is 7. The number of aliphatic hydroxyl groups is 2. The van der Waals surface area contributed by atoms with Gasteiger partial charge in [-0.15, -0.1) is 0 Å². The van der Waals surface area contributed by atoms with Gasteiger partial charge in [0.1, 0.15) is 18.1 Å². The van der Waals surface area contributed by atoms with Gasteiger partial charge in [-0.1, -0.05) is 11.2 Å². The van der Waals surface area contributed by atoms with Gasteiger partial charge >= 0.3 is 0 Å². The number of aromatic nitrogens is 6. The van der Waals surface area contributed by atoms with E-state index in [1.165, 1.54) is 11.2 Å². The molecule has 0 spiro atoms. The molecule has 5 heterocycles. The molecule has 1 saturated heterocycles. The minimum atomic E-state index is -0.722. The van der Waals surface area contributed by atoms with Crippen molar-refractivity contribution in [1.29, 1.82) is 0 Å². The maximum Gasteiger partial charge on any atom is 0.251 e. The van der Waals surface area contributed by atoms with E-state index in [2.05, 4.69) is 30.5 Å². The highest BCUT2D eigenvalue weighted by Crippen LogP contribution is 2.33. The number of amides is 1. The van der Waals surface area contributed by atoms with Gasteiger partial charge < -0.3 is 25.0 Å². The number of pyridine rings is 1. The van der Waals surface area contributed by atoms with Crippen LogP contribution in [-0.4, -0.2) is 76.7 Å². The van der Waals surface area contributed by atoms with Crippen molar-refractivity contribution in [2.75, 3.05) is 18.9 Å². The molecule has 6 rings (SSSR count). The van der Waals surface area contributed by atoms with Crippen LogP contribution in [0.5, 0.6) is 0 Å². The number of carbonyl (C=O) groups is 1. The quantitative estimate of drug-likeness (QED) is 0.369. The largest absolute Gasteiger partial charge is 0.393 e. The molecule has 0 bridgehead atoms. The lowest BCUT2D eigenvalue weighted by atomic mass is 9.90. The summed E-state index contributed by atoms with van der Waals surface area (Å²) >= 11 is 0. The molecule has 192 valence electrons. The Morgan fingerprint density at radius 3 is 2.43 bits per heavy atom. The van der Waals surface area contributed by atoms with Crippen LogP contribution < -0.4 is 5.32 Å². The van der Waals surface area contributed by atoms with E-state index < -0.39 is 6.10 Å². The number of carbonyl (C=O) groups excluding carboxylic acids is 1. The minimum Gasteiger partial charge on any atom is -0.393 e. The van der Waals surface area contributed by atoms with Crippen LogP contribution in [0.25, 0.3) is 22.8 Å². The Labute approximate surface area is 213 Å². The standard InChI is InChI=1S/C20H19N7O2.C5H9NO2/c1-12-11-27(13-9-14(28)10-13)25-19(12)24-20-21-7-5-17(23-20)15-3-2-4-16(22-15)18-6-8-29-26-18;1-6-3-2-4(7)5(6)8/h2-8,11,13-14,28H,9-10H2,1H3,(H,21,23,24,25);4,7H,2-3H2,1H3. The Bertz CT molecular complexity index is 1350. The Morgan fingerprint density at radius 2 is 1.81 bits per heavy atom. The summed E-state index contributed by atoms with van der Waals surface area (Å²) in [6.45, 7) is 2.67. The first-order valence-electron chi connectivity index (χ1n) is 12.0. The van der Waals surface area contributed by atoms with E-state index in [0.29, 0.717) is 47.5 Å². The molecule has 1 saturated carbocycles. The Balaban J connectivity index is 0.000000301. The second kappa shape index (κ2) is 10.4. The highest BCUT2D eigenvalue weighted by atomic mass is 16.5. The molecule has 2 aliphatic rings. The van der Waals surface area contributed by atoms with Crippen LogP contribution in [0.15, 0.2) is 53.5 Å². The number of nitrogens with one attached hydrogen (secondary N) is 1. The molecule has 12 heteroatoms. The maximum atomic E-state index is 10.6. The van der Waals surface area contributed by atoms with Gasteiger partial charge in [-0.3, -0.25) is 9.48 Å². The van der Waals surface area contributed by atoms with Gasteiger partial charge in [-0.05, 0) is 44.4 Å².